The maximum absolute atomic E-state index is 13.6. The first kappa shape index (κ1) is 21.7. The summed E-state index contributed by atoms with van der Waals surface area (Å²) in [5.74, 6) is 0.141. The molecule has 1 saturated heterocycles. The van der Waals surface area contributed by atoms with Gasteiger partial charge in [0.05, 0.1) is 41.7 Å². The van der Waals surface area contributed by atoms with E-state index in [4.69, 9.17) is 4.74 Å². The van der Waals surface area contributed by atoms with E-state index < -0.39 is 15.9 Å². The summed E-state index contributed by atoms with van der Waals surface area (Å²) in [4.78, 5) is 24.3. The minimum atomic E-state index is -3.35. The average molecular weight is 461 g/mol. The van der Waals surface area contributed by atoms with Gasteiger partial charge in [-0.2, -0.15) is 0 Å². The molecular formula is C21H24N4O4S2. The molecule has 0 saturated carbocycles. The van der Waals surface area contributed by atoms with E-state index >= 15 is 0 Å². The van der Waals surface area contributed by atoms with E-state index in [2.05, 4.69) is 9.97 Å². The number of hydrogen-bond acceptors (Lipinski definition) is 7. The van der Waals surface area contributed by atoms with Crippen LogP contribution in [0.2, 0.25) is 0 Å². The Kier molecular flexibility index (Phi) is 6.22. The van der Waals surface area contributed by atoms with E-state index in [0.29, 0.717) is 30.3 Å². The summed E-state index contributed by atoms with van der Waals surface area (Å²) in [5, 5.41) is 0.565. The highest BCUT2D eigenvalue weighted by molar-refractivity contribution is 7.88. The Morgan fingerprint density at radius 1 is 1.32 bits per heavy atom. The minimum absolute atomic E-state index is 0.134. The summed E-state index contributed by atoms with van der Waals surface area (Å²) in [6.45, 7) is 0.908. The summed E-state index contributed by atoms with van der Waals surface area (Å²) >= 11 is 1.42. The zero-order chi connectivity index (χ0) is 22.0. The van der Waals surface area contributed by atoms with E-state index in [1.165, 1.54) is 21.9 Å². The van der Waals surface area contributed by atoms with E-state index in [0.717, 1.165) is 15.9 Å². The molecule has 0 aliphatic carbocycles. The molecule has 31 heavy (non-hydrogen) atoms. The number of benzene rings is 1. The number of piperidine rings is 1. The van der Waals surface area contributed by atoms with E-state index in [1.807, 2.05) is 36.4 Å². The minimum Gasteiger partial charge on any atom is -0.497 e. The number of ether oxygens (including phenoxy) is 1. The van der Waals surface area contributed by atoms with Crippen LogP contribution in [0.3, 0.4) is 0 Å². The lowest BCUT2D eigenvalue weighted by molar-refractivity contribution is -0.123. The summed E-state index contributed by atoms with van der Waals surface area (Å²) in [6, 6.07) is 11.2. The molecule has 3 heterocycles. The highest BCUT2D eigenvalue weighted by Crippen LogP contribution is 2.33. The van der Waals surface area contributed by atoms with Crippen LogP contribution in [0.1, 0.15) is 18.5 Å². The van der Waals surface area contributed by atoms with Gasteiger partial charge < -0.3 is 4.74 Å². The fraction of sp³-hybridized carbons (Fsp3) is 0.381. The van der Waals surface area contributed by atoms with Crippen LogP contribution in [0.4, 0.5) is 5.13 Å². The summed E-state index contributed by atoms with van der Waals surface area (Å²) in [7, 11) is -1.75. The van der Waals surface area contributed by atoms with E-state index in [-0.39, 0.29) is 19.0 Å². The molecule has 164 valence electrons. The highest BCUT2D eigenvalue weighted by atomic mass is 32.2. The Morgan fingerprint density at radius 2 is 2.16 bits per heavy atom. The third-order valence-corrected chi connectivity index (χ3v) is 7.66. The molecule has 1 fully saturated rings. The number of aromatic nitrogens is 2. The van der Waals surface area contributed by atoms with Gasteiger partial charge in [0.25, 0.3) is 0 Å². The number of amides is 1. The Hall–Kier alpha value is -2.56. The molecule has 0 radical (unpaired) electrons. The number of pyridine rings is 1. The molecule has 2 aromatic heterocycles. The summed E-state index contributed by atoms with van der Waals surface area (Å²) in [5.41, 5.74) is 1.49. The van der Waals surface area contributed by atoms with Crippen molar-refractivity contribution in [1.82, 2.24) is 14.3 Å². The Balaban J connectivity index is 1.68. The maximum Gasteiger partial charge on any atom is 0.233 e. The smallest absolute Gasteiger partial charge is 0.233 e. The molecule has 10 heteroatoms. The SMILES string of the molecule is COc1ccc2sc(N(Cc3ccccn3)C(=O)C3CCCN(S(C)(=O)=O)C3)nc2c1. The fourth-order valence-corrected chi connectivity index (χ4v) is 5.56. The molecule has 3 aromatic rings. The molecule has 0 spiro atoms. The third-order valence-electron chi connectivity index (χ3n) is 5.33. The molecule has 0 bridgehead atoms. The first-order valence-corrected chi connectivity index (χ1v) is 12.6. The van der Waals surface area contributed by atoms with E-state index in [1.54, 1.807) is 18.2 Å². The van der Waals surface area contributed by atoms with Crippen molar-refractivity contribution >= 4 is 42.6 Å². The number of sulfonamides is 1. The normalized spacial score (nSPS) is 17.5. The van der Waals surface area contributed by atoms with Crippen molar-refractivity contribution in [2.75, 3.05) is 31.4 Å². The first-order chi connectivity index (χ1) is 14.8. The number of fused-ring (bicyclic) bond motifs is 1. The third kappa shape index (κ3) is 4.86. The van der Waals surface area contributed by atoms with Crippen LogP contribution >= 0.6 is 11.3 Å². The number of carbonyl (C=O) groups excluding carboxylic acids is 1. The maximum atomic E-state index is 13.6. The van der Waals surface area contributed by atoms with Gasteiger partial charge in [-0.25, -0.2) is 17.7 Å². The van der Waals surface area contributed by atoms with Crippen molar-refractivity contribution in [3.05, 3.63) is 48.3 Å². The van der Waals surface area contributed by atoms with Gasteiger partial charge in [0.2, 0.25) is 15.9 Å². The van der Waals surface area contributed by atoms with Crippen LogP contribution in [0.5, 0.6) is 5.75 Å². The van der Waals surface area contributed by atoms with Crippen molar-refractivity contribution in [3.8, 4) is 5.75 Å². The number of anilines is 1. The van der Waals surface area contributed by atoms with E-state index in [9.17, 15) is 13.2 Å². The standard InChI is InChI=1S/C21H24N4O4S2/c1-29-17-8-9-19-18(12-17)23-21(30-19)25(14-16-7-3-4-10-22-16)20(26)15-6-5-11-24(13-15)31(2,27)28/h3-4,7-10,12,15H,5-6,11,13-14H2,1-2H3. The van der Waals surface area contributed by atoms with Crippen LogP contribution in [0, 0.1) is 5.92 Å². The van der Waals surface area contributed by atoms with Gasteiger partial charge in [0.1, 0.15) is 5.75 Å². The monoisotopic (exact) mass is 460 g/mol. The van der Waals surface area contributed by atoms with Crippen LogP contribution in [0.15, 0.2) is 42.6 Å². The number of carbonyl (C=O) groups is 1. The lowest BCUT2D eigenvalue weighted by atomic mass is 9.98. The number of rotatable bonds is 6. The molecule has 0 N–H and O–H groups in total. The Morgan fingerprint density at radius 3 is 2.87 bits per heavy atom. The van der Waals surface area contributed by atoms with Crippen molar-refractivity contribution in [2.45, 2.75) is 19.4 Å². The highest BCUT2D eigenvalue weighted by Gasteiger charge is 2.34. The molecule has 1 amide bonds. The van der Waals surface area contributed by atoms with Gasteiger partial charge in [-0.3, -0.25) is 14.7 Å². The van der Waals surface area contributed by atoms with Gasteiger partial charge in [0, 0.05) is 25.4 Å². The second-order valence-electron chi connectivity index (χ2n) is 7.54. The predicted molar refractivity (Wildman–Crippen MR) is 121 cm³/mol. The molecule has 1 unspecified atom stereocenters. The molecule has 4 rings (SSSR count). The van der Waals surface area contributed by atoms with Crippen LogP contribution < -0.4 is 9.64 Å². The molecular weight excluding hydrogens is 436 g/mol. The predicted octanol–water partition coefficient (Wildman–Crippen LogP) is 2.90. The molecule has 1 aliphatic rings. The van der Waals surface area contributed by atoms with Crippen molar-refractivity contribution in [3.63, 3.8) is 0 Å². The molecule has 8 nitrogen and oxygen atoms in total. The van der Waals surface area contributed by atoms with Crippen LogP contribution in [-0.2, 0) is 21.4 Å². The quantitative estimate of drug-likeness (QED) is 0.562. The van der Waals surface area contributed by atoms with Gasteiger partial charge in [0.15, 0.2) is 5.13 Å². The average Bonchev–Trinajstić information content (AvgIpc) is 3.20. The van der Waals surface area contributed by atoms with Crippen LogP contribution in [0.25, 0.3) is 10.2 Å². The second-order valence-corrected chi connectivity index (χ2v) is 10.5. The largest absolute Gasteiger partial charge is 0.497 e. The Bertz CT molecular complexity index is 1180. The van der Waals surface area contributed by atoms with Crippen molar-refractivity contribution < 1.29 is 17.9 Å². The summed E-state index contributed by atoms with van der Waals surface area (Å²) < 4.78 is 31.7. The second kappa shape index (κ2) is 8.89. The van der Waals surface area contributed by atoms with Gasteiger partial charge in [-0.1, -0.05) is 17.4 Å². The van der Waals surface area contributed by atoms with Crippen LogP contribution in [-0.4, -0.2) is 55.1 Å². The summed E-state index contributed by atoms with van der Waals surface area (Å²) in [6.07, 6.45) is 4.17. The zero-order valence-electron chi connectivity index (χ0n) is 17.4. The number of nitrogens with zero attached hydrogens (tertiary/aromatic N) is 4. The molecule has 1 aliphatic heterocycles. The Labute approximate surface area is 185 Å². The van der Waals surface area contributed by atoms with Gasteiger partial charge in [-0.05, 0) is 37.1 Å². The number of thiazole rings is 1. The van der Waals surface area contributed by atoms with Crippen molar-refractivity contribution in [2.24, 2.45) is 5.92 Å². The lowest BCUT2D eigenvalue weighted by Crippen LogP contribution is -2.46. The van der Waals surface area contributed by atoms with Gasteiger partial charge in [-0.15, -0.1) is 0 Å². The number of methoxy groups -OCH3 is 1. The molecule has 1 atom stereocenters. The first-order valence-electron chi connectivity index (χ1n) is 9.96. The zero-order valence-corrected chi connectivity index (χ0v) is 19.0. The van der Waals surface area contributed by atoms with Crippen molar-refractivity contribution in [1.29, 1.82) is 0 Å². The molecule has 1 aromatic carbocycles. The lowest BCUT2D eigenvalue weighted by Gasteiger charge is -2.32. The topological polar surface area (TPSA) is 92.7 Å². The number of hydrogen-bond donors (Lipinski definition) is 0. The van der Waals surface area contributed by atoms with Gasteiger partial charge >= 0.3 is 0 Å². The fourth-order valence-electron chi connectivity index (χ4n) is 3.70.